The van der Waals surface area contributed by atoms with Crippen molar-refractivity contribution >= 4 is 35.5 Å². The average Bonchev–Trinajstić information content (AvgIpc) is 2.23. The van der Waals surface area contributed by atoms with Crippen molar-refractivity contribution in [3.63, 3.8) is 0 Å². The van der Waals surface area contributed by atoms with E-state index in [1.165, 1.54) is 0 Å². The molecule has 1 aromatic carbocycles. The summed E-state index contributed by atoms with van der Waals surface area (Å²) in [4.78, 5) is 21.3. The minimum atomic E-state index is -0.924. The Labute approximate surface area is 103 Å². The molecule has 1 aromatic rings. The normalized spacial score (nSPS) is 12.1. The van der Waals surface area contributed by atoms with Crippen LogP contribution in [0, 0.1) is 0 Å². The molecule has 3 nitrogen and oxygen atoms in total. The molecular weight excluding hydrogens is 251 g/mol. The van der Waals surface area contributed by atoms with Gasteiger partial charge in [0.1, 0.15) is 6.29 Å². The summed E-state index contributed by atoms with van der Waals surface area (Å²) < 4.78 is 0. The first-order valence-corrected chi connectivity index (χ1v) is 5.42. The molecular formula is C11H10Cl2O3. The third kappa shape index (κ3) is 3.51. The standard InChI is InChI=1S/C11H10Cl2O3/c12-9-3-1-7(5-10(9)13)8(6-14)2-4-11(15)16/h1,3,5-6,8H,2,4H2,(H,15,16). The van der Waals surface area contributed by atoms with Crippen LogP contribution in [0.15, 0.2) is 18.2 Å². The van der Waals surface area contributed by atoms with E-state index in [-0.39, 0.29) is 12.8 Å². The quantitative estimate of drug-likeness (QED) is 0.828. The first-order valence-electron chi connectivity index (χ1n) is 4.66. The van der Waals surface area contributed by atoms with E-state index in [0.29, 0.717) is 15.6 Å². The lowest BCUT2D eigenvalue weighted by atomic mass is 9.96. The van der Waals surface area contributed by atoms with Crippen molar-refractivity contribution in [2.75, 3.05) is 0 Å². The van der Waals surface area contributed by atoms with Crippen LogP contribution in [-0.4, -0.2) is 17.4 Å². The van der Waals surface area contributed by atoms with Gasteiger partial charge in [-0.1, -0.05) is 29.3 Å². The van der Waals surface area contributed by atoms with Crippen LogP contribution in [0.1, 0.15) is 24.3 Å². The largest absolute Gasteiger partial charge is 0.481 e. The smallest absolute Gasteiger partial charge is 0.303 e. The molecule has 0 aliphatic carbocycles. The average molecular weight is 261 g/mol. The molecule has 1 unspecified atom stereocenters. The topological polar surface area (TPSA) is 54.4 Å². The second-order valence-corrected chi connectivity index (χ2v) is 4.16. The van der Waals surface area contributed by atoms with Crippen molar-refractivity contribution in [2.45, 2.75) is 18.8 Å². The van der Waals surface area contributed by atoms with E-state index in [0.717, 1.165) is 6.29 Å². The van der Waals surface area contributed by atoms with Gasteiger partial charge in [0, 0.05) is 12.3 Å². The maximum absolute atomic E-state index is 10.8. The van der Waals surface area contributed by atoms with Crippen LogP contribution in [0.2, 0.25) is 10.0 Å². The fraction of sp³-hybridized carbons (Fsp3) is 0.273. The van der Waals surface area contributed by atoms with Gasteiger partial charge in [0.15, 0.2) is 0 Å². The molecule has 0 heterocycles. The number of hydrogen-bond donors (Lipinski definition) is 1. The SMILES string of the molecule is O=CC(CCC(=O)O)c1ccc(Cl)c(Cl)c1. The minimum absolute atomic E-state index is 0.0519. The molecule has 0 spiro atoms. The van der Waals surface area contributed by atoms with Gasteiger partial charge in [-0.05, 0) is 24.1 Å². The fourth-order valence-corrected chi connectivity index (χ4v) is 1.64. The van der Waals surface area contributed by atoms with E-state index < -0.39 is 11.9 Å². The first-order chi connectivity index (χ1) is 7.54. The highest BCUT2D eigenvalue weighted by Crippen LogP contribution is 2.27. The van der Waals surface area contributed by atoms with E-state index >= 15 is 0 Å². The highest BCUT2D eigenvalue weighted by Gasteiger charge is 2.13. The van der Waals surface area contributed by atoms with E-state index in [1.807, 2.05) is 0 Å². The van der Waals surface area contributed by atoms with E-state index in [2.05, 4.69) is 0 Å². The van der Waals surface area contributed by atoms with Crippen molar-refractivity contribution in [3.8, 4) is 0 Å². The summed E-state index contributed by atoms with van der Waals surface area (Å²) >= 11 is 11.6. The molecule has 0 radical (unpaired) electrons. The molecule has 16 heavy (non-hydrogen) atoms. The molecule has 1 N–H and O–H groups in total. The molecule has 0 saturated carbocycles. The minimum Gasteiger partial charge on any atom is -0.481 e. The fourth-order valence-electron chi connectivity index (χ4n) is 1.34. The molecule has 0 aliphatic rings. The Bertz CT molecular complexity index is 404. The predicted molar refractivity (Wildman–Crippen MR) is 62.1 cm³/mol. The Hall–Kier alpha value is -1.06. The second kappa shape index (κ2) is 5.87. The van der Waals surface area contributed by atoms with Crippen molar-refractivity contribution < 1.29 is 14.7 Å². The van der Waals surface area contributed by atoms with Crippen molar-refractivity contribution in [2.24, 2.45) is 0 Å². The zero-order valence-corrected chi connectivity index (χ0v) is 9.83. The Balaban J connectivity index is 2.82. The number of rotatable bonds is 5. The molecule has 86 valence electrons. The summed E-state index contributed by atoms with van der Waals surface area (Å²) in [5.41, 5.74) is 0.686. The molecule has 0 saturated heterocycles. The maximum Gasteiger partial charge on any atom is 0.303 e. The van der Waals surface area contributed by atoms with Gasteiger partial charge in [-0.15, -0.1) is 0 Å². The summed E-state index contributed by atoms with van der Waals surface area (Å²) in [5.74, 6) is -1.38. The number of benzene rings is 1. The number of hydrogen-bond acceptors (Lipinski definition) is 2. The van der Waals surface area contributed by atoms with Gasteiger partial charge in [0.05, 0.1) is 10.0 Å². The number of carboxylic acids is 1. The van der Waals surface area contributed by atoms with Gasteiger partial charge < -0.3 is 9.90 Å². The third-order valence-electron chi connectivity index (χ3n) is 2.21. The molecule has 5 heteroatoms. The first kappa shape index (κ1) is 13.0. The molecule has 1 atom stereocenters. The zero-order valence-electron chi connectivity index (χ0n) is 8.32. The predicted octanol–water partition coefficient (Wildman–Crippen LogP) is 3.14. The number of aldehydes is 1. The van der Waals surface area contributed by atoms with E-state index in [9.17, 15) is 9.59 Å². The zero-order chi connectivity index (χ0) is 12.1. The molecule has 0 fully saturated rings. The number of aliphatic carboxylic acids is 1. The number of halogens is 2. The highest BCUT2D eigenvalue weighted by atomic mass is 35.5. The van der Waals surface area contributed by atoms with Gasteiger partial charge in [0.2, 0.25) is 0 Å². The van der Waals surface area contributed by atoms with Crippen LogP contribution in [0.4, 0.5) is 0 Å². The summed E-state index contributed by atoms with van der Waals surface area (Å²) in [6.45, 7) is 0. The molecule has 0 aromatic heterocycles. The summed E-state index contributed by atoms with van der Waals surface area (Å²) in [7, 11) is 0. The summed E-state index contributed by atoms with van der Waals surface area (Å²) in [6, 6.07) is 4.86. The van der Waals surface area contributed by atoms with Crippen LogP contribution >= 0.6 is 23.2 Å². The van der Waals surface area contributed by atoms with Crippen LogP contribution in [-0.2, 0) is 9.59 Å². The van der Waals surface area contributed by atoms with Gasteiger partial charge >= 0.3 is 5.97 Å². The van der Waals surface area contributed by atoms with Gasteiger partial charge in [-0.2, -0.15) is 0 Å². The van der Waals surface area contributed by atoms with Crippen LogP contribution in [0.25, 0.3) is 0 Å². The second-order valence-electron chi connectivity index (χ2n) is 3.35. The summed E-state index contributed by atoms with van der Waals surface area (Å²) in [6.07, 6.45) is 0.933. The van der Waals surface area contributed by atoms with Crippen molar-refractivity contribution in [1.29, 1.82) is 0 Å². The van der Waals surface area contributed by atoms with Crippen molar-refractivity contribution in [3.05, 3.63) is 33.8 Å². The van der Waals surface area contributed by atoms with Gasteiger partial charge in [0.25, 0.3) is 0 Å². The van der Waals surface area contributed by atoms with Crippen molar-refractivity contribution in [1.82, 2.24) is 0 Å². The molecule has 0 bridgehead atoms. The van der Waals surface area contributed by atoms with E-state index in [4.69, 9.17) is 28.3 Å². The van der Waals surface area contributed by atoms with E-state index in [1.54, 1.807) is 18.2 Å². The number of carbonyl (C=O) groups is 2. The Morgan fingerprint density at radius 3 is 2.56 bits per heavy atom. The third-order valence-corrected chi connectivity index (χ3v) is 2.94. The Morgan fingerprint density at radius 1 is 1.38 bits per heavy atom. The Morgan fingerprint density at radius 2 is 2.06 bits per heavy atom. The molecule has 1 rings (SSSR count). The Kier molecular flexibility index (Phi) is 4.77. The van der Waals surface area contributed by atoms with Crippen LogP contribution < -0.4 is 0 Å². The monoisotopic (exact) mass is 260 g/mol. The number of carboxylic acid groups (broad SMARTS) is 1. The lowest BCUT2D eigenvalue weighted by Crippen LogP contribution is -2.04. The highest BCUT2D eigenvalue weighted by molar-refractivity contribution is 6.42. The lowest BCUT2D eigenvalue weighted by molar-refractivity contribution is -0.137. The van der Waals surface area contributed by atoms with Gasteiger partial charge in [-0.25, -0.2) is 0 Å². The summed E-state index contributed by atoms with van der Waals surface area (Å²) in [5, 5.41) is 9.31. The van der Waals surface area contributed by atoms with Crippen LogP contribution in [0.3, 0.4) is 0 Å². The van der Waals surface area contributed by atoms with Crippen LogP contribution in [0.5, 0.6) is 0 Å². The number of carbonyl (C=O) groups excluding carboxylic acids is 1. The maximum atomic E-state index is 10.8. The molecule has 0 amide bonds. The molecule has 0 aliphatic heterocycles. The lowest BCUT2D eigenvalue weighted by Gasteiger charge is -2.09. The van der Waals surface area contributed by atoms with Gasteiger partial charge in [-0.3, -0.25) is 4.79 Å².